The number of benzene rings is 1. The molecule has 1 aromatic rings. The van der Waals surface area contributed by atoms with Crippen LogP contribution in [0, 0.1) is 0 Å². The average Bonchev–Trinajstić information content (AvgIpc) is 2.28. The quantitative estimate of drug-likeness (QED) is 0.870. The minimum absolute atomic E-state index is 0.159. The second-order valence-corrected chi connectivity index (χ2v) is 5.95. The van der Waals surface area contributed by atoms with Crippen LogP contribution in [0.3, 0.4) is 0 Å². The van der Waals surface area contributed by atoms with Crippen LogP contribution < -0.4 is 4.74 Å². The first-order chi connectivity index (χ1) is 8.78. The van der Waals surface area contributed by atoms with E-state index in [9.17, 15) is 9.90 Å². The molecule has 0 saturated carbocycles. The number of hydrogen-bond donors (Lipinski definition) is 1. The molecule has 0 bridgehead atoms. The molecule has 0 atom stereocenters. The van der Waals surface area contributed by atoms with Gasteiger partial charge in [0.15, 0.2) is 6.61 Å². The van der Waals surface area contributed by atoms with Crippen molar-refractivity contribution >= 4 is 40.7 Å². The third-order valence-corrected chi connectivity index (χ3v) is 3.76. The average molecular weight is 325 g/mol. The van der Waals surface area contributed by atoms with E-state index >= 15 is 0 Å². The normalized spacial score (nSPS) is 17.0. The highest BCUT2D eigenvalue weighted by atomic mass is 35.5. The van der Waals surface area contributed by atoms with Crippen molar-refractivity contribution in [3.8, 4) is 5.75 Å². The standard InChI is InChI=1S/C12H12Cl3NO3/c1-12(18)5-16(6-12)11(17)4-19-10-3-8(14)7(13)2-9(10)15/h2-3,18H,4-6H2,1H3. The van der Waals surface area contributed by atoms with E-state index in [2.05, 4.69) is 0 Å². The van der Waals surface area contributed by atoms with E-state index in [1.54, 1.807) is 6.92 Å². The largest absolute Gasteiger partial charge is 0.482 e. The van der Waals surface area contributed by atoms with Gasteiger partial charge in [-0.1, -0.05) is 34.8 Å². The van der Waals surface area contributed by atoms with Crippen LogP contribution in [-0.2, 0) is 4.79 Å². The van der Waals surface area contributed by atoms with Gasteiger partial charge >= 0.3 is 0 Å². The lowest BCUT2D eigenvalue weighted by Gasteiger charge is -2.44. The van der Waals surface area contributed by atoms with Gasteiger partial charge in [0.25, 0.3) is 5.91 Å². The van der Waals surface area contributed by atoms with Crippen molar-refractivity contribution in [1.82, 2.24) is 4.90 Å². The van der Waals surface area contributed by atoms with E-state index in [4.69, 9.17) is 39.5 Å². The monoisotopic (exact) mass is 323 g/mol. The van der Waals surface area contributed by atoms with E-state index in [1.807, 2.05) is 0 Å². The van der Waals surface area contributed by atoms with E-state index < -0.39 is 5.60 Å². The first-order valence-corrected chi connectivity index (χ1v) is 6.69. The van der Waals surface area contributed by atoms with E-state index in [0.29, 0.717) is 28.9 Å². The number of aliphatic hydroxyl groups is 1. The number of rotatable bonds is 3. The Hall–Kier alpha value is -0.680. The summed E-state index contributed by atoms with van der Waals surface area (Å²) in [5.74, 6) is 0.0883. The topological polar surface area (TPSA) is 49.8 Å². The summed E-state index contributed by atoms with van der Waals surface area (Å²) in [5, 5.41) is 10.5. The molecule has 0 spiro atoms. The molecule has 0 aliphatic carbocycles. The molecule has 4 nitrogen and oxygen atoms in total. The van der Waals surface area contributed by atoms with Crippen LogP contribution in [-0.4, -0.2) is 41.2 Å². The predicted octanol–water partition coefficient (Wildman–Crippen LogP) is 2.62. The van der Waals surface area contributed by atoms with E-state index in [1.165, 1.54) is 17.0 Å². The number of carbonyl (C=O) groups excluding carboxylic acids is 1. The van der Waals surface area contributed by atoms with Gasteiger partial charge in [-0.15, -0.1) is 0 Å². The number of likely N-dealkylation sites (tertiary alicyclic amines) is 1. The molecule has 19 heavy (non-hydrogen) atoms. The second kappa shape index (κ2) is 5.37. The number of amides is 1. The van der Waals surface area contributed by atoms with Gasteiger partial charge in [-0.3, -0.25) is 4.79 Å². The second-order valence-electron chi connectivity index (χ2n) is 4.73. The number of carbonyl (C=O) groups is 1. The smallest absolute Gasteiger partial charge is 0.260 e. The highest BCUT2D eigenvalue weighted by Crippen LogP contribution is 2.33. The van der Waals surface area contributed by atoms with Gasteiger partial charge in [-0.05, 0) is 13.0 Å². The first-order valence-electron chi connectivity index (χ1n) is 5.56. The van der Waals surface area contributed by atoms with Gasteiger partial charge in [0.2, 0.25) is 0 Å². The van der Waals surface area contributed by atoms with Crippen molar-refractivity contribution in [3.63, 3.8) is 0 Å². The Morgan fingerprint density at radius 3 is 2.47 bits per heavy atom. The number of halogens is 3. The fraction of sp³-hybridized carbons (Fsp3) is 0.417. The van der Waals surface area contributed by atoms with Crippen LogP contribution in [0.4, 0.5) is 0 Å². The van der Waals surface area contributed by atoms with Crippen LogP contribution in [0.15, 0.2) is 12.1 Å². The third kappa shape index (κ3) is 3.45. The Morgan fingerprint density at radius 1 is 1.32 bits per heavy atom. The van der Waals surface area contributed by atoms with Crippen LogP contribution in [0.5, 0.6) is 5.75 Å². The number of hydrogen-bond acceptors (Lipinski definition) is 3. The molecule has 1 aromatic carbocycles. The maximum absolute atomic E-state index is 11.7. The minimum atomic E-state index is -0.795. The third-order valence-electron chi connectivity index (χ3n) is 2.74. The van der Waals surface area contributed by atoms with E-state index in [-0.39, 0.29) is 17.5 Å². The molecule has 1 amide bonds. The molecule has 7 heteroatoms. The zero-order valence-corrected chi connectivity index (χ0v) is 12.4. The van der Waals surface area contributed by atoms with Crippen molar-refractivity contribution in [2.45, 2.75) is 12.5 Å². The minimum Gasteiger partial charge on any atom is -0.482 e. The molecule has 1 fully saturated rings. The molecule has 2 rings (SSSR count). The molecule has 1 aliphatic rings. The van der Waals surface area contributed by atoms with Crippen LogP contribution in [0.25, 0.3) is 0 Å². The summed E-state index contributed by atoms with van der Waals surface area (Å²) >= 11 is 17.6. The Labute approximate surface area is 125 Å². The van der Waals surface area contributed by atoms with Crippen LogP contribution >= 0.6 is 34.8 Å². The predicted molar refractivity (Wildman–Crippen MR) is 74.2 cm³/mol. The molecule has 1 aliphatic heterocycles. The lowest BCUT2D eigenvalue weighted by atomic mass is 9.97. The SMILES string of the molecule is CC1(O)CN(C(=O)COc2cc(Cl)c(Cl)cc2Cl)C1. The van der Waals surface area contributed by atoms with Gasteiger partial charge in [0, 0.05) is 6.07 Å². The molecular formula is C12H12Cl3NO3. The Morgan fingerprint density at radius 2 is 1.89 bits per heavy atom. The van der Waals surface area contributed by atoms with E-state index in [0.717, 1.165) is 0 Å². The van der Waals surface area contributed by atoms with Crippen LogP contribution in [0.2, 0.25) is 15.1 Å². The van der Waals surface area contributed by atoms with Gasteiger partial charge in [0.05, 0.1) is 33.8 Å². The molecule has 0 radical (unpaired) electrons. The zero-order chi connectivity index (χ0) is 14.2. The highest BCUT2D eigenvalue weighted by Gasteiger charge is 2.39. The Bertz CT molecular complexity index is 511. The maximum Gasteiger partial charge on any atom is 0.260 e. The molecular weight excluding hydrogens is 312 g/mol. The molecule has 1 N–H and O–H groups in total. The zero-order valence-electron chi connectivity index (χ0n) is 10.1. The summed E-state index contributed by atoms with van der Waals surface area (Å²) in [6, 6.07) is 2.92. The number of ether oxygens (including phenoxy) is 1. The summed E-state index contributed by atoms with van der Waals surface area (Å²) in [7, 11) is 0. The van der Waals surface area contributed by atoms with Crippen molar-refractivity contribution in [2.75, 3.05) is 19.7 Å². The Balaban J connectivity index is 1.93. The van der Waals surface area contributed by atoms with Gasteiger partial charge in [-0.2, -0.15) is 0 Å². The number of β-amino-alcohol motifs (C(OH)–C–C–N with tert-alkyl or cyclic N) is 1. The maximum atomic E-state index is 11.7. The van der Waals surface area contributed by atoms with Gasteiger partial charge < -0.3 is 14.7 Å². The Kier molecular flexibility index (Phi) is 4.16. The lowest BCUT2D eigenvalue weighted by Crippen LogP contribution is -2.62. The molecule has 1 saturated heterocycles. The highest BCUT2D eigenvalue weighted by molar-refractivity contribution is 6.43. The molecule has 104 valence electrons. The van der Waals surface area contributed by atoms with Crippen LogP contribution in [0.1, 0.15) is 6.92 Å². The fourth-order valence-electron chi connectivity index (χ4n) is 1.80. The summed E-state index contributed by atoms with van der Waals surface area (Å²) < 4.78 is 5.31. The van der Waals surface area contributed by atoms with Crippen molar-refractivity contribution in [1.29, 1.82) is 0 Å². The molecule has 1 heterocycles. The first kappa shape index (κ1) is 14.7. The van der Waals surface area contributed by atoms with Crippen molar-refractivity contribution in [3.05, 3.63) is 27.2 Å². The number of nitrogens with zero attached hydrogens (tertiary/aromatic N) is 1. The summed E-state index contributed by atoms with van der Waals surface area (Å²) in [6.07, 6.45) is 0. The van der Waals surface area contributed by atoms with Crippen molar-refractivity contribution in [2.24, 2.45) is 0 Å². The fourth-order valence-corrected chi connectivity index (χ4v) is 2.39. The van der Waals surface area contributed by atoms with Gasteiger partial charge in [-0.25, -0.2) is 0 Å². The summed E-state index contributed by atoms with van der Waals surface area (Å²) in [5.41, 5.74) is -0.795. The van der Waals surface area contributed by atoms with Gasteiger partial charge in [0.1, 0.15) is 5.75 Å². The molecule has 0 aromatic heterocycles. The molecule has 0 unspecified atom stereocenters. The summed E-state index contributed by atoms with van der Waals surface area (Å²) in [6.45, 7) is 2.13. The lowest BCUT2D eigenvalue weighted by molar-refractivity contribution is -0.154. The van der Waals surface area contributed by atoms with Crippen molar-refractivity contribution < 1.29 is 14.6 Å². The summed E-state index contributed by atoms with van der Waals surface area (Å²) in [4.78, 5) is 13.2.